The van der Waals surface area contributed by atoms with Crippen LogP contribution in [0.1, 0.15) is 22.1 Å². The number of furan rings is 2. The number of hydrogen-bond acceptors (Lipinski definition) is 4. The molecule has 1 N–H and O–H groups in total. The number of halogens is 1. The maximum atomic E-state index is 12.9. The van der Waals surface area contributed by atoms with Gasteiger partial charge >= 0.3 is 5.91 Å². The maximum Gasteiger partial charge on any atom is 0.307 e. The first-order valence-corrected chi connectivity index (χ1v) is 6.87. The van der Waals surface area contributed by atoms with Crippen LogP contribution in [0.2, 0.25) is 0 Å². The van der Waals surface area contributed by atoms with Crippen molar-refractivity contribution >= 4 is 12.1 Å². The molecule has 0 aliphatic carbocycles. The molecule has 0 fully saturated rings. The Balaban J connectivity index is 1.64. The van der Waals surface area contributed by atoms with E-state index in [1.54, 1.807) is 43.3 Å². The van der Waals surface area contributed by atoms with Gasteiger partial charge in [0.15, 0.2) is 5.76 Å². The summed E-state index contributed by atoms with van der Waals surface area (Å²) in [4.78, 5) is 11.7. The third kappa shape index (κ3) is 3.55. The highest BCUT2D eigenvalue weighted by molar-refractivity contribution is 5.92. The van der Waals surface area contributed by atoms with Crippen molar-refractivity contribution in [2.75, 3.05) is 0 Å². The Hall–Kier alpha value is -3.15. The Morgan fingerprint density at radius 2 is 1.87 bits per heavy atom. The largest absolute Gasteiger partial charge is 0.456 e. The van der Waals surface area contributed by atoms with Gasteiger partial charge in [-0.2, -0.15) is 5.10 Å². The molecule has 2 aromatic heterocycles. The van der Waals surface area contributed by atoms with Crippen LogP contribution in [0.3, 0.4) is 0 Å². The lowest BCUT2D eigenvalue weighted by atomic mass is 10.2. The average molecular weight is 312 g/mol. The second-order valence-electron chi connectivity index (χ2n) is 4.82. The minimum absolute atomic E-state index is 0.186. The second-order valence-corrected chi connectivity index (χ2v) is 4.82. The minimum Gasteiger partial charge on any atom is -0.456 e. The predicted molar refractivity (Wildman–Crippen MR) is 82.6 cm³/mol. The van der Waals surface area contributed by atoms with Gasteiger partial charge in [0.2, 0.25) is 0 Å². The second kappa shape index (κ2) is 6.31. The highest BCUT2D eigenvalue weighted by Gasteiger charge is 2.08. The molecule has 0 aliphatic heterocycles. The zero-order chi connectivity index (χ0) is 16.2. The third-order valence-electron chi connectivity index (χ3n) is 3.08. The molecule has 0 spiro atoms. The summed E-state index contributed by atoms with van der Waals surface area (Å²) in [6.07, 6.45) is 1.38. The van der Waals surface area contributed by atoms with Crippen LogP contribution in [0.15, 0.2) is 62.5 Å². The monoisotopic (exact) mass is 312 g/mol. The summed E-state index contributed by atoms with van der Waals surface area (Å²) in [7, 11) is 0. The standard InChI is InChI=1S/C17H13FN2O3/c1-11-2-8-16(22-11)17(21)20-19-10-14-7-9-15(23-14)12-3-5-13(18)6-4-12/h2-10H,1H3,(H,20,21)/b19-10-. The van der Waals surface area contributed by atoms with Gasteiger partial charge in [-0.3, -0.25) is 4.79 Å². The van der Waals surface area contributed by atoms with Crippen molar-refractivity contribution < 1.29 is 18.0 Å². The van der Waals surface area contributed by atoms with E-state index >= 15 is 0 Å². The van der Waals surface area contributed by atoms with Crippen molar-refractivity contribution in [2.45, 2.75) is 6.92 Å². The predicted octanol–water partition coefficient (Wildman–Crippen LogP) is 3.75. The quantitative estimate of drug-likeness (QED) is 0.589. The van der Waals surface area contributed by atoms with Crippen LogP contribution in [0.4, 0.5) is 4.39 Å². The fourth-order valence-electron chi connectivity index (χ4n) is 1.96. The molecule has 0 atom stereocenters. The number of nitrogens with zero attached hydrogens (tertiary/aromatic N) is 1. The number of carbonyl (C=O) groups excluding carboxylic acids is 1. The highest BCUT2D eigenvalue weighted by atomic mass is 19.1. The van der Waals surface area contributed by atoms with Gasteiger partial charge in [-0.1, -0.05) is 0 Å². The smallest absolute Gasteiger partial charge is 0.307 e. The number of hydrogen-bond donors (Lipinski definition) is 1. The number of rotatable bonds is 4. The van der Waals surface area contributed by atoms with Gasteiger partial charge in [-0.25, -0.2) is 9.82 Å². The molecular weight excluding hydrogens is 299 g/mol. The van der Waals surface area contributed by atoms with E-state index in [-0.39, 0.29) is 11.6 Å². The van der Waals surface area contributed by atoms with Crippen LogP contribution in [-0.4, -0.2) is 12.1 Å². The van der Waals surface area contributed by atoms with Crippen molar-refractivity contribution in [2.24, 2.45) is 5.10 Å². The number of benzene rings is 1. The van der Waals surface area contributed by atoms with Gasteiger partial charge in [0.05, 0.1) is 6.21 Å². The summed E-state index contributed by atoms with van der Waals surface area (Å²) >= 11 is 0. The third-order valence-corrected chi connectivity index (χ3v) is 3.08. The van der Waals surface area contributed by atoms with Crippen LogP contribution in [0, 0.1) is 12.7 Å². The average Bonchev–Trinajstić information content (AvgIpc) is 3.17. The van der Waals surface area contributed by atoms with Crippen molar-refractivity contribution in [1.29, 1.82) is 0 Å². The Labute approximate surface area is 131 Å². The summed E-state index contributed by atoms with van der Waals surface area (Å²) in [5.74, 6) is 1.12. The molecule has 0 aliphatic rings. The molecule has 0 radical (unpaired) electrons. The fraction of sp³-hybridized carbons (Fsp3) is 0.0588. The van der Waals surface area contributed by atoms with E-state index in [2.05, 4.69) is 10.5 Å². The van der Waals surface area contributed by atoms with Crippen LogP contribution in [0.25, 0.3) is 11.3 Å². The van der Waals surface area contributed by atoms with Crippen molar-refractivity contribution in [3.63, 3.8) is 0 Å². The summed E-state index contributed by atoms with van der Waals surface area (Å²) in [6, 6.07) is 12.7. The first kappa shape index (κ1) is 14.8. The Bertz CT molecular complexity index is 847. The molecule has 0 bridgehead atoms. The lowest BCUT2D eigenvalue weighted by molar-refractivity contribution is 0.0926. The van der Waals surface area contributed by atoms with Crippen molar-refractivity contribution in [1.82, 2.24) is 5.43 Å². The van der Waals surface area contributed by atoms with E-state index in [0.29, 0.717) is 17.3 Å². The zero-order valence-electron chi connectivity index (χ0n) is 12.2. The zero-order valence-corrected chi connectivity index (χ0v) is 12.2. The number of aryl methyl sites for hydroxylation is 1. The Kier molecular flexibility index (Phi) is 4.05. The maximum absolute atomic E-state index is 12.9. The van der Waals surface area contributed by atoms with E-state index < -0.39 is 5.91 Å². The van der Waals surface area contributed by atoms with Crippen LogP contribution < -0.4 is 5.43 Å². The van der Waals surface area contributed by atoms with Crippen molar-refractivity contribution in [3.05, 3.63) is 71.6 Å². The highest BCUT2D eigenvalue weighted by Crippen LogP contribution is 2.21. The molecule has 6 heteroatoms. The Morgan fingerprint density at radius 3 is 2.57 bits per heavy atom. The molecule has 0 saturated carbocycles. The van der Waals surface area contributed by atoms with E-state index in [1.807, 2.05) is 0 Å². The van der Waals surface area contributed by atoms with Gasteiger partial charge in [-0.05, 0) is 55.5 Å². The van der Waals surface area contributed by atoms with Gasteiger partial charge in [-0.15, -0.1) is 0 Å². The van der Waals surface area contributed by atoms with E-state index in [4.69, 9.17) is 8.83 Å². The van der Waals surface area contributed by atoms with Gasteiger partial charge in [0.25, 0.3) is 0 Å². The van der Waals surface area contributed by atoms with Gasteiger partial charge in [0.1, 0.15) is 23.1 Å². The summed E-state index contributed by atoms with van der Waals surface area (Å²) in [5, 5.41) is 3.81. The first-order valence-electron chi connectivity index (χ1n) is 6.87. The van der Waals surface area contributed by atoms with Crippen LogP contribution >= 0.6 is 0 Å². The van der Waals surface area contributed by atoms with E-state index in [9.17, 15) is 9.18 Å². The van der Waals surface area contributed by atoms with E-state index in [0.717, 1.165) is 5.56 Å². The number of carbonyl (C=O) groups is 1. The Morgan fingerprint density at radius 1 is 1.09 bits per heavy atom. The topological polar surface area (TPSA) is 67.7 Å². The molecule has 116 valence electrons. The first-order chi connectivity index (χ1) is 11.1. The molecule has 23 heavy (non-hydrogen) atoms. The molecule has 2 heterocycles. The lowest BCUT2D eigenvalue weighted by Crippen LogP contribution is -2.16. The molecule has 0 saturated heterocycles. The molecule has 3 rings (SSSR count). The summed E-state index contributed by atoms with van der Waals surface area (Å²) < 4.78 is 23.6. The minimum atomic E-state index is -0.445. The molecule has 0 unspecified atom stereocenters. The molecule has 1 amide bonds. The molecule has 3 aromatic rings. The number of amides is 1. The fourth-order valence-corrected chi connectivity index (χ4v) is 1.96. The SMILES string of the molecule is Cc1ccc(C(=O)N/N=C\c2ccc(-c3ccc(F)cc3)o2)o1. The number of hydrazone groups is 1. The van der Waals surface area contributed by atoms with E-state index in [1.165, 1.54) is 18.3 Å². The van der Waals surface area contributed by atoms with Crippen LogP contribution in [-0.2, 0) is 0 Å². The normalized spacial score (nSPS) is 11.0. The molecule has 1 aromatic carbocycles. The van der Waals surface area contributed by atoms with Gasteiger partial charge < -0.3 is 8.83 Å². The van der Waals surface area contributed by atoms with Crippen molar-refractivity contribution in [3.8, 4) is 11.3 Å². The lowest BCUT2D eigenvalue weighted by Gasteiger charge is -1.96. The summed E-state index contributed by atoms with van der Waals surface area (Å²) in [5.41, 5.74) is 3.10. The van der Waals surface area contributed by atoms with Crippen LogP contribution in [0.5, 0.6) is 0 Å². The molecular formula is C17H13FN2O3. The molecule has 5 nitrogen and oxygen atoms in total. The summed E-state index contributed by atoms with van der Waals surface area (Å²) in [6.45, 7) is 1.75. The number of nitrogens with one attached hydrogen (secondary N) is 1. The van der Waals surface area contributed by atoms with Gasteiger partial charge in [0, 0.05) is 5.56 Å².